The van der Waals surface area contributed by atoms with Crippen molar-refractivity contribution in [3.8, 4) is 0 Å². The zero-order valence-electron chi connectivity index (χ0n) is 8.73. The first-order valence-corrected chi connectivity index (χ1v) is 7.38. The van der Waals surface area contributed by atoms with Gasteiger partial charge in [0.1, 0.15) is 11.6 Å². The van der Waals surface area contributed by atoms with E-state index in [1.807, 2.05) is 18.2 Å². The van der Waals surface area contributed by atoms with Gasteiger partial charge in [-0.05, 0) is 44.0 Å². The van der Waals surface area contributed by atoms with E-state index >= 15 is 0 Å². The van der Waals surface area contributed by atoms with Crippen LogP contribution in [0.1, 0.15) is 5.82 Å². The molecular weight excluding hydrogens is 366 g/mol. The highest BCUT2D eigenvalue weighted by atomic mass is 79.9. The fourth-order valence-electron chi connectivity index (χ4n) is 1.19. The smallest absolute Gasteiger partial charge is 0.141 e. The molecule has 0 aliphatic carbocycles. The van der Waals surface area contributed by atoms with Crippen LogP contribution in [0.3, 0.4) is 0 Å². The van der Waals surface area contributed by atoms with Crippen LogP contribution in [0.2, 0.25) is 0 Å². The van der Waals surface area contributed by atoms with Crippen molar-refractivity contribution in [3.63, 3.8) is 0 Å². The lowest BCUT2D eigenvalue weighted by molar-refractivity contribution is 1.03. The largest absolute Gasteiger partial charge is 0.383 e. The SMILES string of the molecule is Nc1nc(CSc2ccccc2Br)ncc1Br. The van der Waals surface area contributed by atoms with Gasteiger partial charge < -0.3 is 5.73 Å². The Balaban J connectivity index is 2.08. The predicted octanol–water partition coefficient (Wildman–Crippen LogP) is 3.88. The van der Waals surface area contributed by atoms with E-state index in [9.17, 15) is 0 Å². The molecule has 0 saturated heterocycles. The van der Waals surface area contributed by atoms with Crippen molar-refractivity contribution in [2.24, 2.45) is 0 Å². The van der Waals surface area contributed by atoms with Crippen molar-refractivity contribution in [1.29, 1.82) is 0 Å². The van der Waals surface area contributed by atoms with E-state index in [0.717, 1.165) is 19.7 Å². The summed E-state index contributed by atoms with van der Waals surface area (Å²) in [6.45, 7) is 0. The molecule has 1 heterocycles. The Morgan fingerprint density at radius 3 is 2.65 bits per heavy atom. The Kier molecular flexibility index (Phi) is 4.42. The second-order valence-electron chi connectivity index (χ2n) is 3.24. The van der Waals surface area contributed by atoms with Crippen LogP contribution in [0, 0.1) is 0 Å². The van der Waals surface area contributed by atoms with E-state index in [-0.39, 0.29) is 0 Å². The summed E-state index contributed by atoms with van der Waals surface area (Å²) in [6, 6.07) is 8.06. The normalized spacial score (nSPS) is 10.5. The van der Waals surface area contributed by atoms with Crippen LogP contribution in [0.25, 0.3) is 0 Å². The maximum Gasteiger partial charge on any atom is 0.141 e. The van der Waals surface area contributed by atoms with Crippen molar-refractivity contribution in [3.05, 3.63) is 45.2 Å². The lowest BCUT2D eigenvalue weighted by Gasteiger charge is -2.04. The number of hydrogen-bond acceptors (Lipinski definition) is 4. The Hall–Kier alpha value is -0.590. The number of aromatic nitrogens is 2. The van der Waals surface area contributed by atoms with Gasteiger partial charge in [-0.25, -0.2) is 9.97 Å². The van der Waals surface area contributed by atoms with Crippen LogP contribution in [-0.4, -0.2) is 9.97 Å². The molecule has 0 spiro atoms. The zero-order valence-corrected chi connectivity index (χ0v) is 12.7. The predicted molar refractivity (Wildman–Crippen MR) is 77.8 cm³/mol. The Morgan fingerprint density at radius 2 is 1.94 bits per heavy atom. The number of nitrogens with zero attached hydrogens (tertiary/aromatic N) is 2. The van der Waals surface area contributed by atoms with E-state index in [1.165, 1.54) is 0 Å². The number of halogens is 2. The number of nitrogen functional groups attached to an aromatic ring is 1. The first-order valence-electron chi connectivity index (χ1n) is 4.81. The third-order valence-corrected chi connectivity index (χ3v) is 4.65. The number of benzene rings is 1. The zero-order chi connectivity index (χ0) is 12.3. The van der Waals surface area contributed by atoms with Gasteiger partial charge in [0.2, 0.25) is 0 Å². The fourth-order valence-corrected chi connectivity index (χ4v) is 2.82. The van der Waals surface area contributed by atoms with Gasteiger partial charge in [-0.15, -0.1) is 11.8 Å². The quantitative estimate of drug-likeness (QED) is 0.828. The van der Waals surface area contributed by atoms with E-state index in [1.54, 1.807) is 18.0 Å². The number of rotatable bonds is 3. The molecule has 0 aliphatic rings. The van der Waals surface area contributed by atoms with E-state index in [4.69, 9.17) is 5.73 Å². The molecule has 1 aromatic heterocycles. The van der Waals surface area contributed by atoms with Gasteiger partial charge in [-0.2, -0.15) is 0 Å². The minimum atomic E-state index is 0.475. The summed E-state index contributed by atoms with van der Waals surface area (Å²) in [5, 5.41) is 0. The fraction of sp³-hybridized carbons (Fsp3) is 0.0909. The van der Waals surface area contributed by atoms with Crippen LogP contribution in [0.5, 0.6) is 0 Å². The van der Waals surface area contributed by atoms with Crippen molar-refractivity contribution < 1.29 is 0 Å². The van der Waals surface area contributed by atoms with Crippen LogP contribution in [0.15, 0.2) is 44.3 Å². The first-order chi connectivity index (χ1) is 8.16. The van der Waals surface area contributed by atoms with E-state index in [0.29, 0.717) is 11.6 Å². The summed E-state index contributed by atoms with van der Waals surface area (Å²) in [6.07, 6.45) is 1.68. The lowest BCUT2D eigenvalue weighted by atomic mass is 10.4. The molecule has 0 radical (unpaired) electrons. The summed E-state index contributed by atoms with van der Waals surface area (Å²) in [5.74, 6) is 1.90. The maximum atomic E-state index is 5.70. The van der Waals surface area contributed by atoms with Crippen LogP contribution in [0.4, 0.5) is 5.82 Å². The molecule has 2 rings (SSSR count). The molecule has 0 saturated carbocycles. The third kappa shape index (κ3) is 3.43. The molecule has 0 fully saturated rings. The van der Waals surface area contributed by atoms with Crippen molar-refractivity contribution in [2.75, 3.05) is 5.73 Å². The Bertz CT molecular complexity index is 534. The van der Waals surface area contributed by atoms with Gasteiger partial charge in [0.25, 0.3) is 0 Å². The van der Waals surface area contributed by atoms with Gasteiger partial charge in [-0.1, -0.05) is 12.1 Å². The minimum absolute atomic E-state index is 0.475. The monoisotopic (exact) mass is 373 g/mol. The Labute approximate surface area is 120 Å². The average Bonchev–Trinajstić information content (AvgIpc) is 2.32. The van der Waals surface area contributed by atoms with Gasteiger partial charge in [0.05, 0.1) is 10.2 Å². The van der Waals surface area contributed by atoms with E-state index < -0.39 is 0 Å². The molecule has 0 atom stereocenters. The van der Waals surface area contributed by atoms with Crippen molar-refractivity contribution in [2.45, 2.75) is 10.6 Å². The van der Waals surface area contributed by atoms with Gasteiger partial charge >= 0.3 is 0 Å². The summed E-state index contributed by atoms with van der Waals surface area (Å²) >= 11 is 8.45. The van der Waals surface area contributed by atoms with Gasteiger partial charge in [0, 0.05) is 15.6 Å². The molecular formula is C11H9Br2N3S. The molecule has 1 aromatic carbocycles. The highest BCUT2D eigenvalue weighted by Crippen LogP contribution is 2.29. The molecule has 3 nitrogen and oxygen atoms in total. The molecule has 2 aromatic rings. The van der Waals surface area contributed by atoms with Crippen molar-refractivity contribution >= 4 is 49.4 Å². The lowest BCUT2D eigenvalue weighted by Crippen LogP contribution is -1.98. The number of hydrogen-bond donors (Lipinski definition) is 1. The Morgan fingerprint density at radius 1 is 1.18 bits per heavy atom. The van der Waals surface area contributed by atoms with Crippen LogP contribution < -0.4 is 5.73 Å². The summed E-state index contributed by atoms with van der Waals surface area (Å²) in [4.78, 5) is 9.58. The maximum absolute atomic E-state index is 5.70. The minimum Gasteiger partial charge on any atom is -0.383 e. The highest BCUT2D eigenvalue weighted by Gasteiger charge is 2.04. The molecule has 0 amide bonds. The molecule has 0 aliphatic heterocycles. The second-order valence-corrected chi connectivity index (χ2v) is 5.96. The summed E-state index contributed by atoms with van der Waals surface area (Å²) < 4.78 is 1.81. The molecule has 17 heavy (non-hydrogen) atoms. The third-order valence-electron chi connectivity index (χ3n) is 2.01. The van der Waals surface area contributed by atoms with Crippen molar-refractivity contribution in [1.82, 2.24) is 9.97 Å². The van der Waals surface area contributed by atoms with Gasteiger partial charge in [-0.3, -0.25) is 0 Å². The van der Waals surface area contributed by atoms with Crippen LogP contribution in [-0.2, 0) is 5.75 Å². The average molecular weight is 375 g/mol. The topological polar surface area (TPSA) is 51.8 Å². The first kappa shape index (κ1) is 12.9. The standard InChI is InChI=1S/C11H9Br2N3S/c12-7-3-1-2-4-9(7)17-6-10-15-5-8(13)11(14)16-10/h1-5H,6H2,(H2,14,15,16). The number of thioether (sulfide) groups is 1. The second kappa shape index (κ2) is 5.84. The number of anilines is 1. The molecule has 2 N–H and O–H groups in total. The number of nitrogens with two attached hydrogens (primary N) is 1. The van der Waals surface area contributed by atoms with Gasteiger partial charge in [0.15, 0.2) is 0 Å². The highest BCUT2D eigenvalue weighted by molar-refractivity contribution is 9.10. The molecule has 0 unspecified atom stereocenters. The molecule has 6 heteroatoms. The molecule has 0 bridgehead atoms. The summed E-state index contributed by atoms with van der Waals surface area (Å²) in [5.41, 5.74) is 5.70. The summed E-state index contributed by atoms with van der Waals surface area (Å²) in [7, 11) is 0. The van der Waals surface area contributed by atoms with E-state index in [2.05, 4.69) is 47.9 Å². The molecule has 88 valence electrons. The van der Waals surface area contributed by atoms with Crippen LogP contribution >= 0.6 is 43.6 Å².